The predicted molar refractivity (Wildman–Crippen MR) is 110 cm³/mol. The number of aliphatic imine (C=N–C) groups is 1. The van der Waals surface area contributed by atoms with Crippen LogP contribution in [0, 0.1) is 13.8 Å². The van der Waals surface area contributed by atoms with Crippen molar-refractivity contribution in [2.45, 2.75) is 53.2 Å². The van der Waals surface area contributed by atoms with Crippen molar-refractivity contribution in [3.63, 3.8) is 0 Å². The van der Waals surface area contributed by atoms with E-state index in [0.717, 1.165) is 42.4 Å². The van der Waals surface area contributed by atoms with E-state index in [-0.39, 0.29) is 6.10 Å². The van der Waals surface area contributed by atoms with Crippen LogP contribution < -0.4 is 15.4 Å². The van der Waals surface area contributed by atoms with Crippen LogP contribution in [-0.4, -0.2) is 30.6 Å². The summed E-state index contributed by atoms with van der Waals surface area (Å²) in [4.78, 5) is 8.80. The number of thiazole rings is 1. The third-order valence-electron chi connectivity index (χ3n) is 3.78. The number of hydrogen-bond acceptors (Lipinski definition) is 4. The molecule has 0 unspecified atom stereocenters. The molecule has 5 nitrogen and oxygen atoms in total. The highest BCUT2D eigenvalue weighted by Gasteiger charge is 2.07. The smallest absolute Gasteiger partial charge is 0.191 e. The van der Waals surface area contributed by atoms with Gasteiger partial charge in [-0.15, -0.1) is 11.3 Å². The summed E-state index contributed by atoms with van der Waals surface area (Å²) in [7, 11) is 1.79. The molecule has 2 aromatic rings. The van der Waals surface area contributed by atoms with Gasteiger partial charge < -0.3 is 15.4 Å². The number of aryl methyl sites for hydroxylation is 3. The van der Waals surface area contributed by atoms with Crippen LogP contribution in [0.2, 0.25) is 0 Å². The van der Waals surface area contributed by atoms with Gasteiger partial charge in [-0.25, -0.2) is 4.98 Å². The minimum atomic E-state index is 0.155. The molecule has 0 fully saturated rings. The van der Waals surface area contributed by atoms with E-state index in [0.29, 0.717) is 6.54 Å². The van der Waals surface area contributed by atoms with E-state index in [1.54, 1.807) is 18.4 Å². The lowest BCUT2D eigenvalue weighted by atomic mass is 10.1. The molecule has 1 aromatic heterocycles. The molecule has 0 atom stereocenters. The summed E-state index contributed by atoms with van der Waals surface area (Å²) in [5.41, 5.74) is 3.43. The fourth-order valence-electron chi connectivity index (χ4n) is 2.53. The Morgan fingerprint density at radius 1 is 1.27 bits per heavy atom. The zero-order valence-electron chi connectivity index (χ0n) is 16.4. The molecule has 0 amide bonds. The molecule has 0 spiro atoms. The van der Waals surface area contributed by atoms with Crippen molar-refractivity contribution in [3.8, 4) is 5.75 Å². The summed E-state index contributed by atoms with van der Waals surface area (Å²) < 4.78 is 5.94. The average molecular weight is 375 g/mol. The third-order valence-corrected chi connectivity index (χ3v) is 4.81. The van der Waals surface area contributed by atoms with Crippen LogP contribution >= 0.6 is 11.3 Å². The molecule has 26 heavy (non-hydrogen) atoms. The van der Waals surface area contributed by atoms with E-state index in [2.05, 4.69) is 51.1 Å². The topological polar surface area (TPSA) is 58.5 Å². The molecule has 0 saturated carbocycles. The molecule has 0 aliphatic heterocycles. The number of ether oxygens (including phenoxy) is 1. The number of aromatic nitrogens is 1. The van der Waals surface area contributed by atoms with E-state index >= 15 is 0 Å². The summed E-state index contributed by atoms with van der Waals surface area (Å²) in [5.74, 6) is 1.73. The molecular weight excluding hydrogens is 344 g/mol. The highest BCUT2D eigenvalue weighted by atomic mass is 32.1. The maximum absolute atomic E-state index is 5.94. The van der Waals surface area contributed by atoms with Gasteiger partial charge in [-0.05, 0) is 45.7 Å². The Morgan fingerprint density at radius 3 is 2.73 bits per heavy atom. The molecule has 2 N–H and O–H groups in total. The number of nitrogens with one attached hydrogen (secondary N) is 2. The van der Waals surface area contributed by atoms with E-state index < -0.39 is 0 Å². The summed E-state index contributed by atoms with van der Waals surface area (Å²) in [5, 5.41) is 10.0. The maximum atomic E-state index is 5.94. The summed E-state index contributed by atoms with van der Waals surface area (Å²) in [6.07, 6.45) is 2.18. The van der Waals surface area contributed by atoms with Gasteiger partial charge in [-0.2, -0.15) is 0 Å². The first-order chi connectivity index (χ1) is 12.5. The Bertz CT molecular complexity index is 724. The van der Waals surface area contributed by atoms with Gasteiger partial charge in [0.25, 0.3) is 0 Å². The Labute approximate surface area is 160 Å². The van der Waals surface area contributed by atoms with E-state index in [1.165, 1.54) is 10.6 Å². The van der Waals surface area contributed by atoms with Gasteiger partial charge in [0.15, 0.2) is 5.96 Å². The molecular formula is C20H30N4OS. The highest BCUT2D eigenvalue weighted by molar-refractivity contribution is 7.09. The van der Waals surface area contributed by atoms with Crippen LogP contribution in [0.3, 0.4) is 0 Å². The quantitative estimate of drug-likeness (QED) is 0.419. The van der Waals surface area contributed by atoms with Crippen LogP contribution in [0.5, 0.6) is 5.75 Å². The van der Waals surface area contributed by atoms with Gasteiger partial charge in [0.05, 0.1) is 11.1 Å². The van der Waals surface area contributed by atoms with E-state index in [4.69, 9.17) is 4.74 Å². The average Bonchev–Trinajstić information content (AvgIpc) is 3.00. The SMILES string of the molecule is CN=C(NCCCc1nc(C)cs1)NCc1ccc(C)cc1OC(C)C. The molecule has 0 aliphatic rings. The Kier molecular flexibility index (Phi) is 7.91. The first-order valence-electron chi connectivity index (χ1n) is 9.09. The largest absolute Gasteiger partial charge is 0.491 e. The Morgan fingerprint density at radius 2 is 2.08 bits per heavy atom. The zero-order chi connectivity index (χ0) is 18.9. The second-order valence-corrected chi connectivity index (χ2v) is 7.56. The second kappa shape index (κ2) is 10.2. The van der Waals surface area contributed by atoms with Crippen molar-refractivity contribution in [2.75, 3.05) is 13.6 Å². The van der Waals surface area contributed by atoms with E-state index in [1.807, 2.05) is 20.8 Å². The van der Waals surface area contributed by atoms with Gasteiger partial charge in [-0.1, -0.05) is 12.1 Å². The lowest BCUT2D eigenvalue weighted by molar-refractivity contribution is 0.239. The standard InChI is InChI=1S/C20H30N4OS/c1-14(2)25-18-11-15(3)8-9-17(18)12-23-20(21-5)22-10-6-7-19-24-16(4)13-26-19/h8-9,11,13-14H,6-7,10,12H2,1-5H3,(H2,21,22,23). The maximum Gasteiger partial charge on any atom is 0.191 e. The van der Waals surface area contributed by atoms with Crippen molar-refractivity contribution >= 4 is 17.3 Å². The van der Waals surface area contributed by atoms with E-state index in [9.17, 15) is 0 Å². The van der Waals surface area contributed by atoms with Crippen molar-refractivity contribution in [1.82, 2.24) is 15.6 Å². The first-order valence-corrected chi connectivity index (χ1v) is 9.97. The molecule has 0 bridgehead atoms. The minimum absolute atomic E-state index is 0.155. The first kappa shape index (κ1) is 20.2. The fraction of sp³-hybridized carbons (Fsp3) is 0.500. The molecule has 2 rings (SSSR count). The van der Waals surface area contributed by atoms with Crippen molar-refractivity contribution in [1.29, 1.82) is 0 Å². The number of rotatable bonds is 8. The van der Waals surface area contributed by atoms with Gasteiger partial charge >= 0.3 is 0 Å². The molecule has 0 radical (unpaired) electrons. The summed E-state index contributed by atoms with van der Waals surface area (Å²) >= 11 is 1.73. The van der Waals surface area contributed by atoms with Gasteiger partial charge in [0.2, 0.25) is 0 Å². The summed E-state index contributed by atoms with van der Waals surface area (Å²) in [6.45, 7) is 9.74. The molecule has 6 heteroatoms. The second-order valence-electron chi connectivity index (χ2n) is 6.62. The molecule has 0 aliphatic carbocycles. The van der Waals surface area contributed by atoms with Gasteiger partial charge in [-0.3, -0.25) is 4.99 Å². The normalized spacial score (nSPS) is 11.7. The minimum Gasteiger partial charge on any atom is -0.491 e. The molecule has 142 valence electrons. The zero-order valence-corrected chi connectivity index (χ0v) is 17.2. The lowest BCUT2D eigenvalue weighted by Gasteiger charge is -2.17. The number of benzene rings is 1. The van der Waals surface area contributed by atoms with Crippen molar-refractivity contribution in [2.24, 2.45) is 4.99 Å². The molecule has 1 aromatic carbocycles. The van der Waals surface area contributed by atoms with Gasteiger partial charge in [0, 0.05) is 43.2 Å². The Balaban J connectivity index is 1.81. The van der Waals surface area contributed by atoms with Crippen LogP contribution in [0.25, 0.3) is 0 Å². The monoisotopic (exact) mass is 374 g/mol. The number of nitrogens with zero attached hydrogens (tertiary/aromatic N) is 2. The molecule has 0 saturated heterocycles. The van der Waals surface area contributed by atoms with Crippen molar-refractivity contribution < 1.29 is 4.74 Å². The lowest BCUT2D eigenvalue weighted by Crippen LogP contribution is -2.37. The van der Waals surface area contributed by atoms with Crippen molar-refractivity contribution in [3.05, 3.63) is 45.4 Å². The van der Waals surface area contributed by atoms with Crippen LogP contribution in [0.1, 0.15) is 42.1 Å². The number of guanidine groups is 1. The Hall–Kier alpha value is -2.08. The third kappa shape index (κ3) is 6.67. The van der Waals surface area contributed by atoms with Crippen LogP contribution in [0.15, 0.2) is 28.6 Å². The predicted octanol–water partition coefficient (Wildman–Crippen LogP) is 3.84. The summed E-state index contributed by atoms with van der Waals surface area (Å²) in [6, 6.07) is 6.30. The van der Waals surface area contributed by atoms with Gasteiger partial charge in [0.1, 0.15) is 5.75 Å². The van der Waals surface area contributed by atoms with Crippen LogP contribution in [0.4, 0.5) is 0 Å². The van der Waals surface area contributed by atoms with Crippen LogP contribution in [-0.2, 0) is 13.0 Å². The fourth-order valence-corrected chi connectivity index (χ4v) is 3.35. The number of hydrogen-bond donors (Lipinski definition) is 2. The highest BCUT2D eigenvalue weighted by Crippen LogP contribution is 2.21. The molecule has 1 heterocycles.